The van der Waals surface area contributed by atoms with Crippen LogP contribution in [0.2, 0.25) is 0 Å². The third-order valence-electron chi connectivity index (χ3n) is 3.56. The summed E-state index contributed by atoms with van der Waals surface area (Å²) in [6.07, 6.45) is 2.59. The third kappa shape index (κ3) is 1.38. The molecule has 0 saturated carbocycles. The first-order chi connectivity index (χ1) is 8.22. The number of rotatable bonds is 1. The summed E-state index contributed by atoms with van der Waals surface area (Å²) in [5.41, 5.74) is 4.13. The molecule has 3 nitrogen and oxygen atoms in total. The SMILES string of the molecule is COc1ccc(C)c2c3c([nH]c12)C(=O)CCC3. The molecule has 0 radical (unpaired) electrons. The Hall–Kier alpha value is -1.77. The average Bonchev–Trinajstić information content (AvgIpc) is 2.71. The van der Waals surface area contributed by atoms with E-state index in [4.69, 9.17) is 4.74 Å². The molecule has 0 bridgehead atoms. The molecule has 0 spiro atoms. The lowest BCUT2D eigenvalue weighted by Crippen LogP contribution is -2.09. The number of aromatic amines is 1. The molecule has 3 heteroatoms. The minimum Gasteiger partial charge on any atom is -0.495 e. The Balaban J connectivity index is 2.40. The maximum absolute atomic E-state index is 11.9. The van der Waals surface area contributed by atoms with Gasteiger partial charge in [0.2, 0.25) is 0 Å². The zero-order valence-corrected chi connectivity index (χ0v) is 10.1. The molecular weight excluding hydrogens is 214 g/mol. The standard InChI is InChI=1S/C14H15NO2/c1-8-6-7-11(17-2)14-12(8)9-4-3-5-10(16)13(9)15-14/h6-7,15H,3-5H2,1-2H3. The molecular formula is C14H15NO2. The van der Waals surface area contributed by atoms with E-state index in [1.54, 1.807) is 7.11 Å². The summed E-state index contributed by atoms with van der Waals surface area (Å²) < 4.78 is 5.35. The molecule has 88 valence electrons. The second-order valence-corrected chi connectivity index (χ2v) is 4.59. The number of Topliss-reactive ketones (excluding diaryl/α,β-unsaturated/α-hetero) is 1. The molecule has 0 atom stereocenters. The molecule has 2 aromatic rings. The number of ketones is 1. The number of H-pyrrole nitrogens is 1. The van der Waals surface area contributed by atoms with Crippen molar-refractivity contribution in [2.24, 2.45) is 0 Å². The smallest absolute Gasteiger partial charge is 0.179 e. The molecule has 0 unspecified atom stereocenters. The Morgan fingerprint density at radius 1 is 1.29 bits per heavy atom. The first-order valence-corrected chi connectivity index (χ1v) is 5.93. The number of nitrogens with one attached hydrogen (secondary N) is 1. The van der Waals surface area contributed by atoms with Crippen LogP contribution in [0, 0.1) is 6.92 Å². The number of ether oxygens (including phenoxy) is 1. The van der Waals surface area contributed by atoms with E-state index >= 15 is 0 Å². The Morgan fingerprint density at radius 3 is 2.88 bits per heavy atom. The zero-order valence-electron chi connectivity index (χ0n) is 10.1. The van der Waals surface area contributed by atoms with E-state index in [-0.39, 0.29) is 5.78 Å². The van der Waals surface area contributed by atoms with E-state index in [1.807, 2.05) is 12.1 Å². The minimum atomic E-state index is 0.226. The lowest BCUT2D eigenvalue weighted by Gasteiger charge is -2.10. The summed E-state index contributed by atoms with van der Waals surface area (Å²) >= 11 is 0. The van der Waals surface area contributed by atoms with Crippen molar-refractivity contribution >= 4 is 16.7 Å². The van der Waals surface area contributed by atoms with Crippen LogP contribution in [0.15, 0.2) is 12.1 Å². The predicted octanol–water partition coefficient (Wildman–Crippen LogP) is 3.00. The van der Waals surface area contributed by atoms with Gasteiger partial charge in [0.1, 0.15) is 5.75 Å². The lowest BCUT2D eigenvalue weighted by atomic mass is 9.93. The van der Waals surface area contributed by atoms with E-state index in [0.29, 0.717) is 6.42 Å². The molecule has 0 saturated heterocycles. The summed E-state index contributed by atoms with van der Waals surface area (Å²) in [4.78, 5) is 15.1. The molecule has 3 rings (SSSR count). The second-order valence-electron chi connectivity index (χ2n) is 4.59. The summed E-state index contributed by atoms with van der Waals surface area (Å²) in [5.74, 6) is 1.04. The molecule has 0 amide bonds. The molecule has 1 heterocycles. The van der Waals surface area contributed by atoms with Crippen LogP contribution in [0.3, 0.4) is 0 Å². The van der Waals surface area contributed by atoms with E-state index in [1.165, 1.54) is 16.5 Å². The maximum atomic E-state index is 11.9. The van der Waals surface area contributed by atoms with Gasteiger partial charge in [-0.15, -0.1) is 0 Å². The van der Waals surface area contributed by atoms with Crippen LogP contribution < -0.4 is 4.74 Å². The van der Waals surface area contributed by atoms with Crippen molar-refractivity contribution < 1.29 is 9.53 Å². The van der Waals surface area contributed by atoms with Gasteiger partial charge in [0, 0.05) is 11.8 Å². The highest BCUT2D eigenvalue weighted by Gasteiger charge is 2.23. The number of benzene rings is 1. The quantitative estimate of drug-likeness (QED) is 0.816. The second kappa shape index (κ2) is 3.62. The molecule has 0 aliphatic heterocycles. The van der Waals surface area contributed by atoms with Crippen LogP contribution in [0.1, 0.15) is 34.5 Å². The molecule has 1 aromatic heterocycles. The highest BCUT2D eigenvalue weighted by molar-refractivity contribution is 6.05. The molecule has 0 fully saturated rings. The topological polar surface area (TPSA) is 42.1 Å². The highest BCUT2D eigenvalue weighted by Crippen LogP contribution is 2.35. The maximum Gasteiger partial charge on any atom is 0.179 e. The van der Waals surface area contributed by atoms with Crippen molar-refractivity contribution in [3.63, 3.8) is 0 Å². The average molecular weight is 229 g/mol. The van der Waals surface area contributed by atoms with Gasteiger partial charge in [0.05, 0.1) is 18.3 Å². The van der Waals surface area contributed by atoms with Gasteiger partial charge >= 0.3 is 0 Å². The van der Waals surface area contributed by atoms with E-state index < -0.39 is 0 Å². The molecule has 1 aliphatic carbocycles. The van der Waals surface area contributed by atoms with Crippen LogP contribution in [0.25, 0.3) is 10.9 Å². The normalized spacial score (nSPS) is 15.1. The minimum absolute atomic E-state index is 0.226. The van der Waals surface area contributed by atoms with Crippen molar-refractivity contribution in [1.82, 2.24) is 4.98 Å². The number of aromatic nitrogens is 1. The van der Waals surface area contributed by atoms with Gasteiger partial charge in [0.15, 0.2) is 5.78 Å². The van der Waals surface area contributed by atoms with Gasteiger partial charge in [-0.05, 0) is 37.0 Å². The molecule has 17 heavy (non-hydrogen) atoms. The van der Waals surface area contributed by atoms with Gasteiger partial charge in [-0.1, -0.05) is 6.07 Å². The fourth-order valence-electron chi connectivity index (χ4n) is 2.73. The van der Waals surface area contributed by atoms with Crippen LogP contribution >= 0.6 is 0 Å². The Bertz CT molecular complexity index is 610. The van der Waals surface area contributed by atoms with Crippen molar-refractivity contribution in [2.45, 2.75) is 26.2 Å². The zero-order chi connectivity index (χ0) is 12.0. The van der Waals surface area contributed by atoms with Crippen LogP contribution in [-0.4, -0.2) is 17.9 Å². The fourth-order valence-corrected chi connectivity index (χ4v) is 2.73. The Labute approximate surface area is 99.8 Å². The van der Waals surface area contributed by atoms with Gasteiger partial charge in [-0.25, -0.2) is 0 Å². The number of aryl methyl sites for hydroxylation is 2. The van der Waals surface area contributed by atoms with Gasteiger partial charge in [-0.3, -0.25) is 4.79 Å². The van der Waals surface area contributed by atoms with Crippen molar-refractivity contribution in [3.8, 4) is 5.75 Å². The number of carbonyl (C=O) groups excluding carboxylic acids is 1. The summed E-state index contributed by atoms with van der Waals surface area (Å²) in [5, 5.41) is 1.17. The lowest BCUT2D eigenvalue weighted by molar-refractivity contribution is 0.0968. The predicted molar refractivity (Wildman–Crippen MR) is 66.9 cm³/mol. The number of methoxy groups -OCH3 is 1. The largest absolute Gasteiger partial charge is 0.495 e. The van der Waals surface area contributed by atoms with Gasteiger partial charge < -0.3 is 9.72 Å². The van der Waals surface area contributed by atoms with Crippen molar-refractivity contribution in [1.29, 1.82) is 0 Å². The number of carbonyl (C=O) groups is 1. The number of hydrogen-bond donors (Lipinski definition) is 1. The molecule has 1 N–H and O–H groups in total. The van der Waals surface area contributed by atoms with E-state index in [2.05, 4.69) is 11.9 Å². The summed E-state index contributed by atoms with van der Waals surface area (Å²) in [6.45, 7) is 2.08. The van der Waals surface area contributed by atoms with E-state index in [0.717, 1.165) is 29.8 Å². The van der Waals surface area contributed by atoms with E-state index in [9.17, 15) is 4.79 Å². The number of fused-ring (bicyclic) bond motifs is 3. The monoisotopic (exact) mass is 229 g/mol. The molecule has 1 aromatic carbocycles. The summed E-state index contributed by atoms with van der Waals surface area (Å²) in [7, 11) is 1.66. The third-order valence-corrected chi connectivity index (χ3v) is 3.56. The van der Waals surface area contributed by atoms with Crippen molar-refractivity contribution in [3.05, 3.63) is 29.0 Å². The van der Waals surface area contributed by atoms with Crippen LogP contribution in [-0.2, 0) is 6.42 Å². The Morgan fingerprint density at radius 2 is 2.12 bits per heavy atom. The van der Waals surface area contributed by atoms with Crippen LogP contribution in [0.5, 0.6) is 5.75 Å². The first kappa shape index (κ1) is 10.4. The first-order valence-electron chi connectivity index (χ1n) is 5.93. The van der Waals surface area contributed by atoms with Crippen LogP contribution in [0.4, 0.5) is 0 Å². The Kier molecular flexibility index (Phi) is 2.21. The van der Waals surface area contributed by atoms with Gasteiger partial charge in [-0.2, -0.15) is 0 Å². The van der Waals surface area contributed by atoms with Crippen molar-refractivity contribution in [2.75, 3.05) is 7.11 Å². The van der Waals surface area contributed by atoms with Gasteiger partial charge in [0.25, 0.3) is 0 Å². The highest BCUT2D eigenvalue weighted by atomic mass is 16.5. The molecule has 1 aliphatic rings. The fraction of sp³-hybridized carbons (Fsp3) is 0.357. The number of hydrogen-bond acceptors (Lipinski definition) is 2. The summed E-state index contributed by atoms with van der Waals surface area (Å²) in [6, 6.07) is 4.00.